The van der Waals surface area contributed by atoms with Gasteiger partial charge in [-0.05, 0) is 6.07 Å². The molecule has 0 saturated heterocycles. The number of rotatable bonds is 1. The lowest BCUT2D eigenvalue weighted by molar-refractivity contribution is 0.496. The van der Waals surface area contributed by atoms with E-state index >= 15 is 0 Å². The van der Waals surface area contributed by atoms with Crippen LogP contribution in [0.1, 0.15) is 26.6 Å². The molecule has 1 aromatic heterocycles. The van der Waals surface area contributed by atoms with E-state index in [1.54, 1.807) is 11.6 Å². The number of aromatic nitrogens is 2. The normalized spacial score (nSPS) is 11.9. The Bertz CT molecular complexity index is 669. The highest BCUT2D eigenvalue weighted by atomic mass is 19.2. The molecular formula is C14H16F3N3. The summed E-state index contributed by atoms with van der Waals surface area (Å²) in [4.78, 5) is 4.29. The quantitative estimate of drug-likeness (QED) is 0.815. The van der Waals surface area contributed by atoms with Gasteiger partial charge in [0.25, 0.3) is 0 Å². The Kier molecular flexibility index (Phi) is 3.28. The summed E-state index contributed by atoms with van der Waals surface area (Å²) in [6.45, 7) is 5.79. The highest BCUT2D eigenvalue weighted by Crippen LogP contribution is 2.33. The molecule has 0 aliphatic rings. The third-order valence-electron chi connectivity index (χ3n) is 3.08. The van der Waals surface area contributed by atoms with Crippen LogP contribution >= 0.6 is 0 Å². The summed E-state index contributed by atoms with van der Waals surface area (Å²) in [5, 5.41) is 0. The molecule has 1 heterocycles. The first kappa shape index (κ1) is 14.4. The van der Waals surface area contributed by atoms with Crippen molar-refractivity contribution in [2.75, 3.05) is 5.73 Å². The third kappa shape index (κ3) is 2.26. The average molecular weight is 283 g/mol. The third-order valence-corrected chi connectivity index (χ3v) is 3.08. The van der Waals surface area contributed by atoms with Crippen molar-refractivity contribution in [3.8, 4) is 11.3 Å². The predicted octanol–water partition coefficient (Wildman–Crippen LogP) is 3.38. The van der Waals surface area contributed by atoms with Gasteiger partial charge < -0.3 is 10.3 Å². The van der Waals surface area contributed by atoms with Crippen LogP contribution in [0.3, 0.4) is 0 Å². The summed E-state index contributed by atoms with van der Waals surface area (Å²) in [6, 6.07) is 1.27. The number of nitrogens with zero attached hydrogens (tertiary/aromatic N) is 2. The molecule has 0 unspecified atom stereocenters. The van der Waals surface area contributed by atoms with Crippen molar-refractivity contribution >= 4 is 5.82 Å². The smallest absolute Gasteiger partial charge is 0.161 e. The number of anilines is 1. The van der Waals surface area contributed by atoms with E-state index in [0.29, 0.717) is 11.9 Å². The van der Waals surface area contributed by atoms with Crippen LogP contribution in [0.5, 0.6) is 0 Å². The summed E-state index contributed by atoms with van der Waals surface area (Å²) in [6.07, 6.45) is 0. The van der Waals surface area contributed by atoms with Gasteiger partial charge in [-0.2, -0.15) is 0 Å². The van der Waals surface area contributed by atoms with E-state index in [9.17, 15) is 13.2 Å². The van der Waals surface area contributed by atoms with Crippen LogP contribution in [-0.4, -0.2) is 9.55 Å². The fourth-order valence-corrected chi connectivity index (χ4v) is 2.08. The standard InChI is InChI=1S/C14H16F3N3/c1-14(2,3)13-19-11(12(18)20(13)4)7-5-9(16)10(17)6-8(7)15/h5-6H,18H2,1-4H3. The highest BCUT2D eigenvalue weighted by molar-refractivity contribution is 5.71. The number of nitrogen functional groups attached to an aromatic ring is 1. The average Bonchev–Trinajstić information content (AvgIpc) is 2.61. The minimum absolute atomic E-state index is 0.119. The molecule has 0 bridgehead atoms. The fourth-order valence-electron chi connectivity index (χ4n) is 2.08. The monoisotopic (exact) mass is 283 g/mol. The Morgan fingerprint density at radius 1 is 1.05 bits per heavy atom. The Labute approximate surface area is 115 Å². The summed E-state index contributed by atoms with van der Waals surface area (Å²) in [5.74, 6) is -2.43. The summed E-state index contributed by atoms with van der Waals surface area (Å²) < 4.78 is 41.7. The minimum Gasteiger partial charge on any atom is -0.383 e. The Morgan fingerprint density at radius 2 is 1.60 bits per heavy atom. The molecule has 0 aliphatic heterocycles. The molecule has 0 fully saturated rings. The van der Waals surface area contributed by atoms with Crippen molar-refractivity contribution in [1.82, 2.24) is 9.55 Å². The van der Waals surface area contributed by atoms with Crippen LogP contribution in [0.25, 0.3) is 11.3 Å². The zero-order chi connectivity index (χ0) is 15.2. The number of benzene rings is 1. The van der Waals surface area contributed by atoms with Crippen molar-refractivity contribution in [3.05, 3.63) is 35.4 Å². The maximum Gasteiger partial charge on any atom is 0.161 e. The van der Waals surface area contributed by atoms with Crippen LogP contribution in [-0.2, 0) is 12.5 Å². The van der Waals surface area contributed by atoms with Crippen LogP contribution in [0.4, 0.5) is 19.0 Å². The van der Waals surface area contributed by atoms with E-state index in [-0.39, 0.29) is 22.5 Å². The first-order valence-electron chi connectivity index (χ1n) is 6.10. The Hall–Kier alpha value is -1.98. The molecule has 2 N–H and O–H groups in total. The Morgan fingerprint density at radius 3 is 2.10 bits per heavy atom. The highest BCUT2D eigenvalue weighted by Gasteiger charge is 2.25. The van der Waals surface area contributed by atoms with Crippen LogP contribution in [0.2, 0.25) is 0 Å². The number of nitrogens with two attached hydrogens (primary N) is 1. The predicted molar refractivity (Wildman–Crippen MR) is 71.6 cm³/mol. The van der Waals surface area contributed by atoms with Crippen LogP contribution in [0, 0.1) is 17.5 Å². The molecule has 0 aliphatic carbocycles. The van der Waals surface area contributed by atoms with E-state index in [4.69, 9.17) is 5.73 Å². The van der Waals surface area contributed by atoms with Gasteiger partial charge in [0.2, 0.25) is 0 Å². The summed E-state index contributed by atoms with van der Waals surface area (Å²) in [7, 11) is 1.70. The van der Waals surface area contributed by atoms with Crippen molar-refractivity contribution in [2.24, 2.45) is 7.05 Å². The van der Waals surface area contributed by atoms with E-state index in [1.165, 1.54) is 0 Å². The van der Waals surface area contributed by atoms with Crippen LogP contribution in [0.15, 0.2) is 12.1 Å². The number of imidazole rings is 1. The fraction of sp³-hybridized carbons (Fsp3) is 0.357. The molecule has 0 atom stereocenters. The maximum atomic E-state index is 13.8. The molecule has 1 aromatic carbocycles. The van der Waals surface area contributed by atoms with Crippen molar-refractivity contribution in [1.29, 1.82) is 0 Å². The van der Waals surface area contributed by atoms with Gasteiger partial charge in [0.05, 0.1) is 0 Å². The number of halogens is 3. The minimum atomic E-state index is -1.24. The maximum absolute atomic E-state index is 13.8. The van der Waals surface area contributed by atoms with Gasteiger partial charge in [-0.1, -0.05) is 20.8 Å². The van der Waals surface area contributed by atoms with E-state index in [1.807, 2.05) is 20.8 Å². The first-order chi connectivity index (χ1) is 9.12. The zero-order valence-corrected chi connectivity index (χ0v) is 11.8. The molecule has 6 heteroatoms. The van der Waals surface area contributed by atoms with Crippen molar-refractivity contribution in [2.45, 2.75) is 26.2 Å². The summed E-state index contributed by atoms with van der Waals surface area (Å²) in [5.41, 5.74) is 5.57. The largest absolute Gasteiger partial charge is 0.383 e. The summed E-state index contributed by atoms with van der Waals surface area (Å²) >= 11 is 0. The van der Waals surface area contributed by atoms with Gasteiger partial charge in [0.15, 0.2) is 11.6 Å². The van der Waals surface area contributed by atoms with Gasteiger partial charge in [-0.3, -0.25) is 0 Å². The van der Waals surface area contributed by atoms with Crippen molar-refractivity contribution in [3.63, 3.8) is 0 Å². The van der Waals surface area contributed by atoms with Gasteiger partial charge in [-0.15, -0.1) is 0 Å². The molecule has 0 saturated carbocycles. The topological polar surface area (TPSA) is 43.8 Å². The van der Waals surface area contributed by atoms with E-state index in [0.717, 1.165) is 6.07 Å². The van der Waals surface area contributed by atoms with Crippen molar-refractivity contribution < 1.29 is 13.2 Å². The second-order valence-electron chi connectivity index (χ2n) is 5.72. The molecule has 2 aromatic rings. The molecule has 0 spiro atoms. The lowest BCUT2D eigenvalue weighted by Crippen LogP contribution is -2.17. The molecule has 2 rings (SSSR count). The first-order valence-corrected chi connectivity index (χ1v) is 6.10. The molecular weight excluding hydrogens is 267 g/mol. The lowest BCUT2D eigenvalue weighted by Gasteiger charge is -2.17. The van der Waals surface area contributed by atoms with Gasteiger partial charge >= 0.3 is 0 Å². The van der Waals surface area contributed by atoms with Gasteiger partial charge in [-0.25, -0.2) is 18.2 Å². The second kappa shape index (κ2) is 4.54. The molecule has 0 radical (unpaired) electrons. The molecule has 0 amide bonds. The van der Waals surface area contributed by atoms with Gasteiger partial charge in [0.1, 0.15) is 23.2 Å². The molecule has 108 valence electrons. The number of hydrogen-bond donors (Lipinski definition) is 1. The SMILES string of the molecule is Cn1c(C(C)(C)C)nc(-c2cc(F)c(F)cc2F)c1N. The Balaban J connectivity index is 2.69. The number of hydrogen-bond acceptors (Lipinski definition) is 2. The zero-order valence-electron chi connectivity index (χ0n) is 11.8. The second-order valence-corrected chi connectivity index (χ2v) is 5.72. The molecule has 3 nitrogen and oxygen atoms in total. The van der Waals surface area contributed by atoms with E-state index < -0.39 is 17.5 Å². The lowest BCUT2D eigenvalue weighted by atomic mass is 9.96. The van der Waals surface area contributed by atoms with E-state index in [2.05, 4.69) is 4.98 Å². The van der Waals surface area contributed by atoms with Crippen LogP contribution < -0.4 is 5.73 Å². The van der Waals surface area contributed by atoms with Gasteiger partial charge in [0, 0.05) is 24.1 Å². The molecule has 20 heavy (non-hydrogen) atoms.